The second-order valence-electron chi connectivity index (χ2n) is 4.50. The molecule has 0 spiro atoms. The number of nitrogens with zero attached hydrogens (tertiary/aromatic N) is 2. The second-order valence-corrected chi connectivity index (χ2v) is 4.50. The minimum atomic E-state index is -0.722. The van der Waals surface area contributed by atoms with Crippen LogP contribution in [0.25, 0.3) is 15.6 Å². The molecule has 3 aromatic rings. The van der Waals surface area contributed by atoms with Gasteiger partial charge in [0.05, 0.1) is 0 Å². The van der Waals surface area contributed by atoms with Crippen molar-refractivity contribution in [1.82, 2.24) is 4.98 Å². The number of halogens is 1. The Balaban J connectivity index is 2.10. The van der Waals surface area contributed by atoms with Gasteiger partial charge in [-0.25, -0.2) is 4.39 Å². The Bertz CT molecular complexity index is 897. The molecule has 0 bridgehead atoms. The van der Waals surface area contributed by atoms with Gasteiger partial charge in [0.2, 0.25) is 11.5 Å². The molecule has 0 radical (unpaired) electrons. The summed E-state index contributed by atoms with van der Waals surface area (Å²) in [6.07, 6.45) is 0. The van der Waals surface area contributed by atoms with Crippen LogP contribution in [0.5, 0.6) is 0 Å². The SMILES string of the molecule is [C-]#[N+]c1ccc(F)c(C(=O)c2ccc3ccccc3c2)n1. The summed E-state index contributed by atoms with van der Waals surface area (Å²) in [5, 5.41) is 1.89. The van der Waals surface area contributed by atoms with Crippen LogP contribution in [-0.4, -0.2) is 10.8 Å². The summed E-state index contributed by atoms with van der Waals surface area (Å²) in [6, 6.07) is 15.1. The van der Waals surface area contributed by atoms with Crippen LogP contribution < -0.4 is 0 Å². The van der Waals surface area contributed by atoms with Crippen LogP contribution in [0.2, 0.25) is 0 Å². The average Bonchev–Trinajstić information content (AvgIpc) is 2.54. The highest BCUT2D eigenvalue weighted by molar-refractivity contribution is 6.09. The standard InChI is InChI=1S/C17H9FN2O/c1-19-15-9-8-14(18)16(20-15)17(21)13-7-6-11-4-2-3-5-12(11)10-13/h2-10H. The molecule has 0 aliphatic rings. The third kappa shape index (κ3) is 2.37. The van der Waals surface area contributed by atoms with Gasteiger partial charge in [0.1, 0.15) is 0 Å². The molecule has 0 unspecified atom stereocenters. The summed E-state index contributed by atoms with van der Waals surface area (Å²) in [7, 11) is 0. The average molecular weight is 276 g/mol. The Morgan fingerprint density at radius 2 is 1.81 bits per heavy atom. The van der Waals surface area contributed by atoms with Crippen LogP contribution in [0.4, 0.5) is 10.2 Å². The van der Waals surface area contributed by atoms with E-state index in [0.29, 0.717) is 5.56 Å². The van der Waals surface area contributed by atoms with E-state index in [4.69, 9.17) is 6.57 Å². The number of rotatable bonds is 2. The lowest BCUT2D eigenvalue weighted by Gasteiger charge is -2.02. The second kappa shape index (κ2) is 5.14. The van der Waals surface area contributed by atoms with Gasteiger partial charge in [-0.2, -0.15) is 0 Å². The Hall–Kier alpha value is -3.06. The maximum atomic E-state index is 13.8. The molecule has 0 saturated carbocycles. The maximum Gasteiger partial charge on any atom is 0.270 e. The maximum absolute atomic E-state index is 13.8. The van der Waals surface area contributed by atoms with E-state index in [0.717, 1.165) is 16.8 Å². The fourth-order valence-electron chi connectivity index (χ4n) is 2.12. The van der Waals surface area contributed by atoms with E-state index in [2.05, 4.69) is 9.83 Å². The van der Waals surface area contributed by atoms with Crippen LogP contribution in [0.1, 0.15) is 16.1 Å². The van der Waals surface area contributed by atoms with Gasteiger partial charge >= 0.3 is 0 Å². The molecule has 0 aliphatic carbocycles. The molecule has 1 aromatic heterocycles. The number of hydrogen-bond donors (Lipinski definition) is 0. The van der Waals surface area contributed by atoms with Crippen LogP contribution in [0.3, 0.4) is 0 Å². The first-order valence-electron chi connectivity index (χ1n) is 6.26. The van der Waals surface area contributed by atoms with E-state index >= 15 is 0 Å². The van der Waals surface area contributed by atoms with Gasteiger partial charge in [0.15, 0.2) is 5.82 Å². The highest BCUT2D eigenvalue weighted by Crippen LogP contribution is 2.20. The minimum absolute atomic E-state index is 0.000499. The van der Waals surface area contributed by atoms with Crippen molar-refractivity contribution in [3.63, 3.8) is 0 Å². The number of carbonyl (C=O) groups excluding carboxylic acids is 1. The smallest absolute Gasteiger partial charge is 0.270 e. The first-order chi connectivity index (χ1) is 10.2. The third-order valence-electron chi connectivity index (χ3n) is 3.17. The minimum Gasteiger partial charge on any atom is -0.361 e. The first-order valence-corrected chi connectivity index (χ1v) is 6.26. The zero-order chi connectivity index (χ0) is 14.8. The molecule has 0 aliphatic heterocycles. The predicted molar refractivity (Wildman–Crippen MR) is 77.8 cm³/mol. The highest BCUT2D eigenvalue weighted by atomic mass is 19.1. The number of fused-ring (bicyclic) bond motifs is 1. The Morgan fingerprint density at radius 1 is 1.05 bits per heavy atom. The summed E-state index contributed by atoms with van der Waals surface area (Å²) >= 11 is 0. The van der Waals surface area contributed by atoms with Crippen molar-refractivity contribution in [2.75, 3.05) is 0 Å². The Morgan fingerprint density at radius 3 is 2.57 bits per heavy atom. The predicted octanol–water partition coefficient (Wildman–Crippen LogP) is 4.16. The van der Waals surface area contributed by atoms with Crippen molar-refractivity contribution >= 4 is 22.4 Å². The molecule has 1 heterocycles. The molecule has 100 valence electrons. The van der Waals surface area contributed by atoms with Gasteiger partial charge in [0.25, 0.3) is 5.82 Å². The number of carbonyl (C=O) groups is 1. The van der Waals surface area contributed by atoms with Gasteiger partial charge in [-0.1, -0.05) is 43.0 Å². The summed E-state index contributed by atoms with van der Waals surface area (Å²) in [5.41, 5.74) is 0.0287. The molecule has 0 N–H and O–H groups in total. The van der Waals surface area contributed by atoms with Crippen molar-refractivity contribution in [3.05, 3.63) is 83.1 Å². The Labute approximate surface area is 120 Å². The van der Waals surface area contributed by atoms with Gasteiger partial charge in [-0.3, -0.25) is 4.79 Å². The van der Waals surface area contributed by atoms with Crippen LogP contribution in [-0.2, 0) is 0 Å². The number of pyridine rings is 1. The van der Waals surface area contributed by atoms with E-state index in [-0.39, 0.29) is 11.5 Å². The molecule has 4 heteroatoms. The number of benzene rings is 2. The molecular weight excluding hydrogens is 267 g/mol. The van der Waals surface area contributed by atoms with Gasteiger partial charge < -0.3 is 4.85 Å². The molecule has 0 amide bonds. The van der Waals surface area contributed by atoms with Gasteiger partial charge in [-0.05, 0) is 29.0 Å². The molecule has 0 atom stereocenters. The summed E-state index contributed by atoms with van der Waals surface area (Å²) in [5.74, 6) is -1.25. The molecule has 3 rings (SSSR count). The summed E-state index contributed by atoms with van der Waals surface area (Å²) < 4.78 is 13.8. The lowest BCUT2D eigenvalue weighted by Crippen LogP contribution is -2.07. The molecular formula is C17H9FN2O. The van der Waals surface area contributed by atoms with E-state index in [1.54, 1.807) is 18.2 Å². The normalized spacial score (nSPS) is 10.3. The largest absolute Gasteiger partial charge is 0.361 e. The number of aromatic nitrogens is 1. The van der Waals surface area contributed by atoms with E-state index in [9.17, 15) is 9.18 Å². The molecule has 3 nitrogen and oxygen atoms in total. The monoisotopic (exact) mass is 276 g/mol. The fourth-order valence-corrected chi connectivity index (χ4v) is 2.12. The van der Waals surface area contributed by atoms with E-state index in [1.807, 2.05) is 24.3 Å². The Kier molecular flexibility index (Phi) is 3.17. The molecule has 21 heavy (non-hydrogen) atoms. The van der Waals surface area contributed by atoms with E-state index in [1.165, 1.54) is 6.07 Å². The topological polar surface area (TPSA) is 34.3 Å². The van der Waals surface area contributed by atoms with Crippen molar-refractivity contribution in [1.29, 1.82) is 0 Å². The highest BCUT2D eigenvalue weighted by Gasteiger charge is 2.20. The first kappa shape index (κ1) is 12.9. The number of ketones is 1. The number of hydrogen-bond acceptors (Lipinski definition) is 2. The lowest BCUT2D eigenvalue weighted by molar-refractivity contribution is 0.103. The van der Waals surface area contributed by atoms with Crippen molar-refractivity contribution in [3.8, 4) is 0 Å². The quantitative estimate of drug-likeness (QED) is 0.520. The van der Waals surface area contributed by atoms with Crippen molar-refractivity contribution in [2.24, 2.45) is 0 Å². The van der Waals surface area contributed by atoms with Gasteiger partial charge in [0, 0.05) is 5.56 Å². The van der Waals surface area contributed by atoms with Gasteiger partial charge in [-0.15, -0.1) is 4.98 Å². The molecule has 2 aromatic carbocycles. The zero-order valence-electron chi connectivity index (χ0n) is 10.9. The third-order valence-corrected chi connectivity index (χ3v) is 3.17. The zero-order valence-corrected chi connectivity index (χ0v) is 10.9. The fraction of sp³-hybridized carbons (Fsp3) is 0. The van der Waals surface area contributed by atoms with E-state index < -0.39 is 11.6 Å². The van der Waals surface area contributed by atoms with Crippen molar-refractivity contribution in [2.45, 2.75) is 0 Å². The lowest BCUT2D eigenvalue weighted by atomic mass is 10.0. The summed E-state index contributed by atoms with van der Waals surface area (Å²) in [4.78, 5) is 19.3. The van der Waals surface area contributed by atoms with Crippen molar-refractivity contribution < 1.29 is 9.18 Å². The van der Waals surface area contributed by atoms with Crippen LogP contribution in [0, 0.1) is 12.4 Å². The van der Waals surface area contributed by atoms with Crippen LogP contribution in [0.15, 0.2) is 54.6 Å². The summed E-state index contributed by atoms with van der Waals surface area (Å²) in [6.45, 7) is 6.89. The molecule has 0 fully saturated rings. The molecule has 0 saturated heterocycles. The van der Waals surface area contributed by atoms with Crippen LogP contribution >= 0.6 is 0 Å².